The van der Waals surface area contributed by atoms with Crippen LogP contribution in [0.2, 0.25) is 0 Å². The molecule has 0 unspecified atom stereocenters. The van der Waals surface area contributed by atoms with Gasteiger partial charge in [-0.3, -0.25) is 0 Å². The molecule has 0 amide bonds. The van der Waals surface area contributed by atoms with E-state index >= 15 is 0 Å². The lowest BCUT2D eigenvalue weighted by Crippen LogP contribution is -2.27. The minimum Gasteiger partial charge on any atom is -0.493 e. The number of hydrogen-bond donors (Lipinski definition) is 2. The van der Waals surface area contributed by atoms with Crippen molar-refractivity contribution in [3.63, 3.8) is 0 Å². The summed E-state index contributed by atoms with van der Waals surface area (Å²) in [5, 5.41) is 10.0. The Morgan fingerprint density at radius 3 is 2.56 bits per heavy atom. The average molecular weight is 255 g/mol. The summed E-state index contributed by atoms with van der Waals surface area (Å²) in [5.41, 5.74) is 6.48. The van der Waals surface area contributed by atoms with E-state index in [-0.39, 0.29) is 5.75 Å². The summed E-state index contributed by atoms with van der Waals surface area (Å²) >= 11 is 0. The van der Waals surface area contributed by atoms with Crippen molar-refractivity contribution in [1.82, 2.24) is 0 Å². The molecule has 1 rings (SSSR count). The minimum absolute atomic E-state index is 0.119. The first kappa shape index (κ1) is 14.9. The first-order valence-corrected chi connectivity index (χ1v) is 6.23. The Morgan fingerprint density at radius 1 is 1.33 bits per heavy atom. The van der Waals surface area contributed by atoms with Crippen LogP contribution in [0.1, 0.15) is 38.3 Å². The second-order valence-electron chi connectivity index (χ2n) is 4.93. The van der Waals surface area contributed by atoms with Crippen molar-refractivity contribution in [3.8, 4) is 5.75 Å². The van der Waals surface area contributed by atoms with Crippen LogP contribution >= 0.6 is 0 Å². The summed E-state index contributed by atoms with van der Waals surface area (Å²) in [7, 11) is 1.40. The van der Waals surface area contributed by atoms with E-state index in [2.05, 4.69) is 13.8 Å². The second-order valence-corrected chi connectivity index (χ2v) is 4.93. The zero-order valence-electron chi connectivity index (χ0n) is 11.2. The van der Waals surface area contributed by atoms with Crippen LogP contribution in [0.3, 0.4) is 0 Å². The molecular formula is C14H22FNO2. The van der Waals surface area contributed by atoms with Gasteiger partial charge in [-0.05, 0) is 24.8 Å². The van der Waals surface area contributed by atoms with E-state index in [1.54, 1.807) is 12.1 Å². The molecule has 0 radical (unpaired) electrons. The quantitative estimate of drug-likeness (QED) is 0.821. The van der Waals surface area contributed by atoms with Gasteiger partial charge >= 0.3 is 0 Å². The fourth-order valence-corrected chi connectivity index (χ4v) is 1.89. The fourth-order valence-electron chi connectivity index (χ4n) is 1.89. The zero-order valence-corrected chi connectivity index (χ0v) is 11.2. The lowest BCUT2D eigenvalue weighted by molar-refractivity contribution is 0.127. The van der Waals surface area contributed by atoms with Gasteiger partial charge in [-0.25, -0.2) is 4.39 Å². The van der Waals surface area contributed by atoms with Crippen molar-refractivity contribution >= 4 is 0 Å². The Balaban J connectivity index is 2.82. The van der Waals surface area contributed by atoms with E-state index in [1.807, 2.05) is 0 Å². The molecule has 4 heteroatoms. The normalized spacial score (nSPS) is 14.6. The maximum Gasteiger partial charge on any atom is 0.165 e. The van der Waals surface area contributed by atoms with Crippen LogP contribution in [0.4, 0.5) is 4.39 Å². The van der Waals surface area contributed by atoms with Crippen LogP contribution in [0, 0.1) is 11.7 Å². The third-order valence-electron chi connectivity index (χ3n) is 3.02. The number of aliphatic hydroxyl groups is 1. The highest BCUT2D eigenvalue weighted by Crippen LogP contribution is 2.29. The molecule has 2 atom stereocenters. The van der Waals surface area contributed by atoms with Crippen LogP contribution in [-0.4, -0.2) is 18.3 Å². The predicted octanol–water partition coefficient (Wildman–Crippen LogP) is 2.63. The van der Waals surface area contributed by atoms with E-state index < -0.39 is 18.0 Å². The molecule has 0 aliphatic rings. The number of nitrogens with two attached hydrogens (primary N) is 1. The van der Waals surface area contributed by atoms with Crippen LogP contribution in [-0.2, 0) is 0 Å². The first-order valence-electron chi connectivity index (χ1n) is 6.23. The second kappa shape index (κ2) is 6.71. The zero-order chi connectivity index (χ0) is 13.7. The number of hydrogen-bond acceptors (Lipinski definition) is 3. The maximum absolute atomic E-state index is 13.5. The van der Waals surface area contributed by atoms with Gasteiger partial charge in [0, 0.05) is 5.56 Å². The van der Waals surface area contributed by atoms with E-state index in [0.717, 1.165) is 6.42 Å². The molecule has 0 spiro atoms. The van der Waals surface area contributed by atoms with E-state index in [9.17, 15) is 9.50 Å². The molecule has 0 bridgehead atoms. The molecule has 0 aromatic heterocycles. The summed E-state index contributed by atoms with van der Waals surface area (Å²) in [4.78, 5) is 0. The highest BCUT2D eigenvalue weighted by Gasteiger charge is 2.22. The largest absolute Gasteiger partial charge is 0.493 e. The number of rotatable bonds is 6. The molecular weight excluding hydrogens is 233 g/mol. The van der Waals surface area contributed by atoms with Gasteiger partial charge in [0.2, 0.25) is 0 Å². The standard InChI is InChI=1S/C14H22FNO2/c1-9(2)7-8-12(17)13(16)10-5-4-6-11(15)14(10)18-3/h4-6,9,12-13,17H,7-8,16H2,1-3H3/t12-,13+/m1/s1. The Hall–Kier alpha value is -1.13. The van der Waals surface area contributed by atoms with Gasteiger partial charge in [0.15, 0.2) is 11.6 Å². The number of ether oxygens (including phenoxy) is 1. The van der Waals surface area contributed by atoms with Gasteiger partial charge in [0.05, 0.1) is 19.3 Å². The van der Waals surface area contributed by atoms with Crippen molar-refractivity contribution in [3.05, 3.63) is 29.6 Å². The van der Waals surface area contributed by atoms with Gasteiger partial charge in [-0.15, -0.1) is 0 Å². The van der Waals surface area contributed by atoms with Crippen molar-refractivity contribution in [2.45, 2.75) is 38.8 Å². The molecule has 0 aliphatic heterocycles. The SMILES string of the molecule is COc1c(F)cccc1[C@H](N)[C@H](O)CCC(C)C. The van der Waals surface area contributed by atoms with E-state index in [1.165, 1.54) is 13.2 Å². The summed E-state index contributed by atoms with van der Waals surface area (Å²) in [6, 6.07) is 3.94. The molecule has 0 saturated carbocycles. The van der Waals surface area contributed by atoms with Crippen LogP contribution in [0.15, 0.2) is 18.2 Å². The van der Waals surface area contributed by atoms with Crippen LogP contribution < -0.4 is 10.5 Å². The highest BCUT2D eigenvalue weighted by molar-refractivity contribution is 5.37. The van der Waals surface area contributed by atoms with Crippen molar-refractivity contribution in [2.75, 3.05) is 7.11 Å². The lowest BCUT2D eigenvalue weighted by Gasteiger charge is -2.22. The summed E-state index contributed by atoms with van der Waals surface area (Å²) in [6.07, 6.45) is 0.786. The molecule has 1 aromatic carbocycles. The van der Waals surface area contributed by atoms with Gasteiger partial charge in [0.25, 0.3) is 0 Å². The Morgan fingerprint density at radius 2 is 2.00 bits per heavy atom. The van der Waals surface area contributed by atoms with Gasteiger partial charge in [-0.1, -0.05) is 26.0 Å². The average Bonchev–Trinajstić information content (AvgIpc) is 2.34. The molecule has 3 nitrogen and oxygen atoms in total. The van der Waals surface area contributed by atoms with Crippen LogP contribution in [0.5, 0.6) is 5.75 Å². The number of benzene rings is 1. The Labute approximate surface area is 108 Å². The number of methoxy groups -OCH3 is 1. The maximum atomic E-state index is 13.5. The van der Waals surface area contributed by atoms with Crippen LogP contribution in [0.25, 0.3) is 0 Å². The topological polar surface area (TPSA) is 55.5 Å². The lowest BCUT2D eigenvalue weighted by atomic mass is 9.95. The molecule has 0 aliphatic carbocycles. The van der Waals surface area contributed by atoms with Gasteiger partial charge < -0.3 is 15.6 Å². The fraction of sp³-hybridized carbons (Fsp3) is 0.571. The molecule has 0 saturated heterocycles. The number of halogens is 1. The molecule has 0 heterocycles. The van der Waals surface area contributed by atoms with Crippen molar-refractivity contribution < 1.29 is 14.2 Å². The molecule has 1 aromatic rings. The number of aliphatic hydroxyl groups excluding tert-OH is 1. The molecule has 18 heavy (non-hydrogen) atoms. The predicted molar refractivity (Wildman–Crippen MR) is 70.0 cm³/mol. The summed E-state index contributed by atoms with van der Waals surface area (Å²) in [5.74, 6) is 0.163. The smallest absolute Gasteiger partial charge is 0.165 e. The highest BCUT2D eigenvalue weighted by atomic mass is 19.1. The van der Waals surface area contributed by atoms with Crippen molar-refractivity contribution in [2.24, 2.45) is 11.7 Å². The third kappa shape index (κ3) is 3.68. The Bertz CT molecular complexity index is 382. The third-order valence-corrected chi connectivity index (χ3v) is 3.02. The molecule has 0 fully saturated rings. The van der Waals surface area contributed by atoms with Gasteiger partial charge in [-0.2, -0.15) is 0 Å². The summed E-state index contributed by atoms with van der Waals surface area (Å²) < 4.78 is 18.5. The van der Waals surface area contributed by atoms with E-state index in [4.69, 9.17) is 10.5 Å². The monoisotopic (exact) mass is 255 g/mol. The summed E-state index contributed by atoms with van der Waals surface area (Å²) in [6.45, 7) is 4.17. The van der Waals surface area contributed by atoms with Crippen molar-refractivity contribution in [1.29, 1.82) is 0 Å². The molecule has 3 N–H and O–H groups in total. The number of para-hydroxylation sites is 1. The minimum atomic E-state index is -0.692. The van der Waals surface area contributed by atoms with Gasteiger partial charge in [0.1, 0.15) is 0 Å². The first-order chi connectivity index (χ1) is 8.47. The molecule has 102 valence electrons. The van der Waals surface area contributed by atoms with E-state index in [0.29, 0.717) is 17.9 Å². The Kier molecular flexibility index (Phi) is 5.56.